The molecule has 2 nitrogen and oxygen atoms in total. The Labute approximate surface area is 84.7 Å². The molecule has 0 bridgehead atoms. The molecule has 4 heteroatoms. The fraction of sp³-hybridized carbons (Fsp3) is 0.111. The Bertz CT molecular complexity index is 314. The first kappa shape index (κ1) is 10.4. The van der Waals surface area contributed by atoms with Crippen LogP contribution in [-0.4, -0.2) is 0 Å². The highest BCUT2D eigenvalue weighted by Crippen LogP contribution is 2.20. The van der Waals surface area contributed by atoms with Crippen molar-refractivity contribution in [1.29, 1.82) is 0 Å². The van der Waals surface area contributed by atoms with Gasteiger partial charge in [0.15, 0.2) is 0 Å². The van der Waals surface area contributed by atoms with Crippen LogP contribution in [0.2, 0.25) is 0 Å². The second-order valence-electron chi connectivity index (χ2n) is 2.55. The van der Waals surface area contributed by atoms with E-state index >= 15 is 0 Å². The smallest absolute Gasteiger partial charge is 0.129 e. The Morgan fingerprint density at radius 3 is 2.77 bits per heavy atom. The summed E-state index contributed by atoms with van der Waals surface area (Å²) in [5.41, 5.74) is 2.94. The zero-order chi connectivity index (χ0) is 9.84. The van der Waals surface area contributed by atoms with Gasteiger partial charge in [0, 0.05) is 10.0 Å². The average Bonchev–Trinajstić information content (AvgIpc) is 2.10. The highest BCUT2D eigenvalue weighted by Gasteiger charge is 2.10. The van der Waals surface area contributed by atoms with Gasteiger partial charge in [0.2, 0.25) is 0 Å². The number of nitrogens with two attached hydrogens (primary N) is 1. The van der Waals surface area contributed by atoms with Gasteiger partial charge in [-0.3, -0.25) is 5.84 Å². The van der Waals surface area contributed by atoms with Gasteiger partial charge in [0.25, 0.3) is 0 Å². The van der Waals surface area contributed by atoms with E-state index in [2.05, 4.69) is 27.9 Å². The topological polar surface area (TPSA) is 38.0 Å². The van der Waals surface area contributed by atoms with E-state index in [1.807, 2.05) is 0 Å². The Kier molecular flexibility index (Phi) is 3.59. The third-order valence-corrected chi connectivity index (χ3v) is 2.21. The van der Waals surface area contributed by atoms with Crippen LogP contribution in [0.15, 0.2) is 35.3 Å². The first-order chi connectivity index (χ1) is 6.19. The maximum absolute atomic E-state index is 13.3. The van der Waals surface area contributed by atoms with Crippen LogP contribution in [-0.2, 0) is 0 Å². The molecule has 0 spiro atoms. The molecular formula is C9H10BrFN2. The van der Waals surface area contributed by atoms with Crippen LogP contribution < -0.4 is 11.3 Å². The molecule has 3 N–H and O–H groups in total. The zero-order valence-corrected chi connectivity index (χ0v) is 8.51. The molecule has 0 aromatic heterocycles. The maximum atomic E-state index is 13.3. The molecule has 0 heterocycles. The lowest BCUT2D eigenvalue weighted by molar-refractivity contribution is 0.568. The summed E-state index contributed by atoms with van der Waals surface area (Å²) < 4.78 is 14.0. The molecule has 1 rings (SSSR count). The van der Waals surface area contributed by atoms with E-state index in [0.29, 0.717) is 10.0 Å². The van der Waals surface area contributed by atoms with Crippen LogP contribution >= 0.6 is 15.9 Å². The molecule has 1 aromatic carbocycles. The second kappa shape index (κ2) is 4.50. The van der Waals surface area contributed by atoms with Crippen molar-refractivity contribution in [2.24, 2.45) is 5.84 Å². The van der Waals surface area contributed by atoms with E-state index in [4.69, 9.17) is 5.84 Å². The fourth-order valence-corrected chi connectivity index (χ4v) is 1.37. The number of benzene rings is 1. The minimum absolute atomic E-state index is 0.308. The van der Waals surface area contributed by atoms with Crippen molar-refractivity contribution in [3.05, 3.63) is 46.7 Å². The predicted molar refractivity (Wildman–Crippen MR) is 54.4 cm³/mol. The molecule has 0 saturated heterocycles. The largest absolute Gasteiger partial charge is 0.271 e. The highest BCUT2D eigenvalue weighted by atomic mass is 79.9. The first-order valence-corrected chi connectivity index (χ1v) is 4.52. The Hall–Kier alpha value is -0.710. The molecule has 0 aliphatic rings. The standard InChI is InChI=1S/C9H10BrFN2/c1-2-9(13-12)7-4-3-6(10)5-8(7)11/h2-5,9,13H,1,12H2. The van der Waals surface area contributed by atoms with Gasteiger partial charge in [-0.2, -0.15) is 0 Å². The lowest BCUT2D eigenvalue weighted by atomic mass is 10.1. The minimum atomic E-state index is -0.354. The monoisotopic (exact) mass is 244 g/mol. The molecule has 1 aromatic rings. The van der Waals surface area contributed by atoms with Crippen molar-refractivity contribution in [3.63, 3.8) is 0 Å². The summed E-state index contributed by atoms with van der Waals surface area (Å²) in [4.78, 5) is 0. The molecule has 0 aliphatic heterocycles. The molecular weight excluding hydrogens is 235 g/mol. The number of hydrogen-bond acceptors (Lipinski definition) is 2. The molecule has 70 valence electrons. The van der Waals surface area contributed by atoms with Crippen molar-refractivity contribution in [2.45, 2.75) is 6.04 Å². The molecule has 1 atom stereocenters. The lowest BCUT2D eigenvalue weighted by Crippen LogP contribution is -2.27. The van der Waals surface area contributed by atoms with Crippen LogP contribution in [0.1, 0.15) is 11.6 Å². The molecule has 0 radical (unpaired) electrons. The zero-order valence-electron chi connectivity index (χ0n) is 6.93. The molecule has 0 aliphatic carbocycles. The predicted octanol–water partition coefficient (Wildman–Crippen LogP) is 2.28. The van der Waals surface area contributed by atoms with E-state index < -0.39 is 0 Å². The third kappa shape index (κ3) is 2.37. The van der Waals surface area contributed by atoms with Crippen LogP contribution in [0.4, 0.5) is 4.39 Å². The number of hydrogen-bond donors (Lipinski definition) is 2. The van der Waals surface area contributed by atoms with Crippen molar-refractivity contribution in [3.8, 4) is 0 Å². The maximum Gasteiger partial charge on any atom is 0.129 e. The average molecular weight is 245 g/mol. The van der Waals surface area contributed by atoms with Crippen molar-refractivity contribution in [1.82, 2.24) is 5.43 Å². The lowest BCUT2D eigenvalue weighted by Gasteiger charge is -2.12. The first-order valence-electron chi connectivity index (χ1n) is 3.72. The summed E-state index contributed by atoms with van der Waals surface area (Å²) in [7, 11) is 0. The fourth-order valence-electron chi connectivity index (χ4n) is 1.04. The van der Waals surface area contributed by atoms with Gasteiger partial charge < -0.3 is 0 Å². The summed E-state index contributed by atoms with van der Waals surface area (Å²) >= 11 is 3.17. The van der Waals surface area contributed by atoms with Gasteiger partial charge in [-0.1, -0.05) is 28.1 Å². The number of rotatable bonds is 3. The Morgan fingerprint density at radius 2 is 2.31 bits per heavy atom. The minimum Gasteiger partial charge on any atom is -0.271 e. The van der Waals surface area contributed by atoms with E-state index in [9.17, 15) is 4.39 Å². The van der Waals surface area contributed by atoms with E-state index in [-0.39, 0.29) is 11.9 Å². The van der Waals surface area contributed by atoms with Gasteiger partial charge in [-0.15, -0.1) is 6.58 Å². The summed E-state index contributed by atoms with van der Waals surface area (Å²) in [6.07, 6.45) is 1.55. The Morgan fingerprint density at radius 1 is 1.62 bits per heavy atom. The van der Waals surface area contributed by atoms with Crippen molar-refractivity contribution in [2.75, 3.05) is 0 Å². The summed E-state index contributed by atoms with van der Waals surface area (Å²) in [5, 5.41) is 0. The summed E-state index contributed by atoms with van der Waals surface area (Å²) in [6, 6.07) is 4.45. The van der Waals surface area contributed by atoms with Crippen LogP contribution in [0.5, 0.6) is 0 Å². The highest BCUT2D eigenvalue weighted by molar-refractivity contribution is 9.10. The molecule has 0 fully saturated rings. The molecule has 13 heavy (non-hydrogen) atoms. The van der Waals surface area contributed by atoms with Crippen molar-refractivity contribution < 1.29 is 4.39 Å². The third-order valence-electron chi connectivity index (χ3n) is 1.71. The van der Waals surface area contributed by atoms with Gasteiger partial charge in [0.05, 0.1) is 6.04 Å². The Balaban J connectivity index is 3.06. The quantitative estimate of drug-likeness (QED) is 0.487. The van der Waals surface area contributed by atoms with Crippen LogP contribution in [0.25, 0.3) is 0 Å². The molecule has 0 saturated carbocycles. The molecule has 1 unspecified atom stereocenters. The molecule has 0 amide bonds. The van der Waals surface area contributed by atoms with Gasteiger partial charge >= 0.3 is 0 Å². The normalized spacial score (nSPS) is 12.5. The van der Waals surface area contributed by atoms with Crippen LogP contribution in [0.3, 0.4) is 0 Å². The summed E-state index contributed by atoms with van der Waals surface area (Å²) in [5.74, 6) is 4.91. The second-order valence-corrected chi connectivity index (χ2v) is 3.46. The summed E-state index contributed by atoms with van der Waals surface area (Å²) in [6.45, 7) is 3.55. The SMILES string of the molecule is C=CC(NN)c1ccc(Br)cc1F. The van der Waals surface area contributed by atoms with Gasteiger partial charge in [0.1, 0.15) is 5.82 Å². The van der Waals surface area contributed by atoms with E-state index in [0.717, 1.165) is 0 Å². The van der Waals surface area contributed by atoms with Crippen LogP contribution in [0, 0.1) is 5.82 Å². The van der Waals surface area contributed by atoms with Gasteiger partial charge in [-0.05, 0) is 12.1 Å². The number of hydrazine groups is 1. The van der Waals surface area contributed by atoms with Gasteiger partial charge in [-0.25, -0.2) is 9.82 Å². The van der Waals surface area contributed by atoms with E-state index in [1.165, 1.54) is 6.07 Å². The van der Waals surface area contributed by atoms with Crippen molar-refractivity contribution >= 4 is 15.9 Å². The number of halogens is 2. The number of nitrogens with one attached hydrogen (secondary N) is 1. The van der Waals surface area contributed by atoms with E-state index in [1.54, 1.807) is 18.2 Å².